The largest absolute Gasteiger partial charge is 0.484 e. The van der Waals surface area contributed by atoms with Gasteiger partial charge in [0.15, 0.2) is 6.61 Å². The van der Waals surface area contributed by atoms with Crippen LogP contribution in [0.5, 0.6) is 5.75 Å². The predicted molar refractivity (Wildman–Crippen MR) is 117 cm³/mol. The molecule has 0 spiro atoms. The molecule has 0 saturated heterocycles. The van der Waals surface area contributed by atoms with E-state index in [0.29, 0.717) is 17.2 Å². The molecule has 1 amide bonds. The molecule has 0 bridgehead atoms. The van der Waals surface area contributed by atoms with Crippen LogP contribution in [-0.4, -0.2) is 31.3 Å². The molecule has 0 aliphatic carbocycles. The maximum Gasteiger partial charge on any atom is 0.277 e. The minimum Gasteiger partial charge on any atom is -0.484 e. The lowest BCUT2D eigenvalue weighted by Crippen LogP contribution is -2.45. The van der Waals surface area contributed by atoms with Gasteiger partial charge in [-0.3, -0.25) is 4.79 Å². The zero-order valence-corrected chi connectivity index (χ0v) is 18.6. The number of carbonyl (C=O) groups excluding carboxylic acids is 1. The van der Waals surface area contributed by atoms with Crippen LogP contribution >= 0.6 is 15.9 Å². The fourth-order valence-corrected chi connectivity index (χ4v) is 3.99. The lowest BCUT2D eigenvalue weighted by Gasteiger charge is -2.45. The van der Waals surface area contributed by atoms with Crippen molar-refractivity contribution in [3.8, 4) is 5.75 Å². The van der Waals surface area contributed by atoms with E-state index in [4.69, 9.17) is 4.74 Å². The summed E-state index contributed by atoms with van der Waals surface area (Å²) in [6.07, 6.45) is 2.31. The van der Waals surface area contributed by atoms with Gasteiger partial charge in [0.1, 0.15) is 11.6 Å². The Morgan fingerprint density at radius 2 is 2.17 bits per heavy atom. The Morgan fingerprint density at radius 3 is 2.90 bits per heavy atom. The number of nitrogens with one attached hydrogen (secondary N) is 1. The summed E-state index contributed by atoms with van der Waals surface area (Å²) < 4.78 is 20.9. The number of hydrogen-bond donors (Lipinski definition) is 1. The van der Waals surface area contributed by atoms with E-state index in [9.17, 15) is 9.18 Å². The molecular formula is C22H25BrFN3O2. The van der Waals surface area contributed by atoms with Gasteiger partial charge in [-0.25, -0.2) is 9.82 Å². The Bertz CT molecular complexity index is 946. The van der Waals surface area contributed by atoms with Crippen molar-refractivity contribution in [3.63, 3.8) is 0 Å². The number of rotatable bonds is 5. The first-order chi connectivity index (χ1) is 13.7. The number of benzene rings is 2. The van der Waals surface area contributed by atoms with Gasteiger partial charge in [0.25, 0.3) is 5.91 Å². The molecule has 0 aromatic heterocycles. The van der Waals surface area contributed by atoms with Crippen LogP contribution in [0.3, 0.4) is 0 Å². The minimum atomic E-state index is -0.422. The summed E-state index contributed by atoms with van der Waals surface area (Å²) in [5.41, 5.74) is 4.67. The van der Waals surface area contributed by atoms with E-state index in [1.807, 2.05) is 25.2 Å². The summed E-state index contributed by atoms with van der Waals surface area (Å²) in [6, 6.07) is 10.6. The average molecular weight is 462 g/mol. The molecule has 2 aromatic carbocycles. The van der Waals surface area contributed by atoms with E-state index in [0.717, 1.165) is 22.1 Å². The molecule has 154 valence electrons. The summed E-state index contributed by atoms with van der Waals surface area (Å²) in [5, 5.41) is 3.89. The average Bonchev–Trinajstić information content (AvgIpc) is 2.65. The van der Waals surface area contributed by atoms with Gasteiger partial charge in [-0.2, -0.15) is 5.10 Å². The van der Waals surface area contributed by atoms with Crippen molar-refractivity contribution < 1.29 is 13.9 Å². The number of fused-ring (bicyclic) bond motifs is 1. The summed E-state index contributed by atoms with van der Waals surface area (Å²) >= 11 is 3.34. The molecule has 1 unspecified atom stereocenters. The smallest absolute Gasteiger partial charge is 0.277 e. The highest BCUT2D eigenvalue weighted by Gasteiger charge is 2.34. The van der Waals surface area contributed by atoms with Crippen molar-refractivity contribution in [1.29, 1.82) is 0 Å². The number of anilines is 1. The standard InChI is InChI=1S/C22H25BrFN3O2/c1-14-11-22(2,3)27(4)20-10-19(24)15(8-18(14)20)12-25-26-21(28)13-29-17-7-5-6-16(23)9-17/h5-10,12,14H,11,13H2,1-4H3,(H,26,28)/b25-12+. The first-order valence-electron chi connectivity index (χ1n) is 9.45. The van der Waals surface area contributed by atoms with Crippen LogP contribution in [0, 0.1) is 5.82 Å². The van der Waals surface area contributed by atoms with Crippen LogP contribution in [0.2, 0.25) is 0 Å². The number of hydrogen-bond acceptors (Lipinski definition) is 4. The second kappa shape index (κ2) is 8.53. The van der Waals surface area contributed by atoms with Gasteiger partial charge in [0.2, 0.25) is 0 Å². The molecule has 3 rings (SSSR count). The molecule has 1 aliphatic rings. The predicted octanol–water partition coefficient (Wildman–Crippen LogP) is 4.84. The molecule has 2 aromatic rings. The van der Waals surface area contributed by atoms with Crippen LogP contribution in [0.15, 0.2) is 46.0 Å². The third-order valence-corrected chi connectivity index (χ3v) is 5.80. The molecule has 29 heavy (non-hydrogen) atoms. The Labute approximate surface area is 179 Å². The maximum atomic E-state index is 14.6. The number of amides is 1. The van der Waals surface area contributed by atoms with Crippen LogP contribution < -0.4 is 15.1 Å². The first-order valence-corrected chi connectivity index (χ1v) is 10.2. The number of halogens is 2. The molecule has 1 N–H and O–H groups in total. The zero-order chi connectivity index (χ0) is 21.2. The van der Waals surface area contributed by atoms with Crippen LogP contribution in [0.4, 0.5) is 10.1 Å². The maximum absolute atomic E-state index is 14.6. The van der Waals surface area contributed by atoms with E-state index in [1.54, 1.807) is 18.2 Å². The van der Waals surface area contributed by atoms with Crippen molar-refractivity contribution in [3.05, 3.63) is 57.8 Å². The first kappa shape index (κ1) is 21.3. The topological polar surface area (TPSA) is 53.9 Å². The van der Waals surface area contributed by atoms with Crippen molar-refractivity contribution in [2.45, 2.75) is 38.6 Å². The van der Waals surface area contributed by atoms with Gasteiger partial charge in [-0.05, 0) is 62.1 Å². The molecule has 0 fully saturated rings. The summed E-state index contributed by atoms with van der Waals surface area (Å²) in [5.74, 6) is 0.0794. The summed E-state index contributed by atoms with van der Waals surface area (Å²) in [6.45, 7) is 6.28. The molecule has 0 saturated carbocycles. The van der Waals surface area contributed by atoms with Crippen LogP contribution in [0.1, 0.15) is 44.2 Å². The highest BCUT2D eigenvalue weighted by atomic mass is 79.9. The Hall–Kier alpha value is -2.41. The highest BCUT2D eigenvalue weighted by Crippen LogP contribution is 2.43. The molecule has 0 radical (unpaired) electrons. The van der Waals surface area contributed by atoms with E-state index in [-0.39, 0.29) is 18.0 Å². The summed E-state index contributed by atoms with van der Waals surface area (Å²) in [7, 11) is 1.99. The quantitative estimate of drug-likeness (QED) is 0.511. The third-order valence-electron chi connectivity index (χ3n) is 5.31. The lowest BCUT2D eigenvalue weighted by atomic mass is 9.80. The second-order valence-electron chi connectivity index (χ2n) is 7.95. The van der Waals surface area contributed by atoms with Gasteiger partial charge in [-0.1, -0.05) is 28.9 Å². The number of ether oxygens (including phenoxy) is 1. The van der Waals surface area contributed by atoms with E-state index < -0.39 is 5.91 Å². The minimum absolute atomic E-state index is 0.0310. The molecule has 1 aliphatic heterocycles. The van der Waals surface area contributed by atoms with Crippen molar-refractivity contribution in [2.24, 2.45) is 5.10 Å². The third kappa shape index (κ3) is 4.96. The Morgan fingerprint density at radius 1 is 1.41 bits per heavy atom. The SMILES string of the molecule is CC1CC(C)(C)N(C)c2cc(F)c(/C=N/NC(=O)COc3cccc(Br)c3)cc21. The molecule has 7 heteroatoms. The van der Waals surface area contributed by atoms with Gasteiger partial charge in [0, 0.05) is 28.3 Å². The monoisotopic (exact) mass is 461 g/mol. The number of nitrogens with zero attached hydrogens (tertiary/aromatic N) is 2. The number of carbonyl (C=O) groups is 1. The fraction of sp³-hybridized carbons (Fsp3) is 0.364. The van der Waals surface area contributed by atoms with Crippen molar-refractivity contribution >= 4 is 33.7 Å². The van der Waals surface area contributed by atoms with Crippen molar-refractivity contribution in [1.82, 2.24) is 5.43 Å². The van der Waals surface area contributed by atoms with E-state index in [1.165, 1.54) is 6.21 Å². The van der Waals surface area contributed by atoms with Gasteiger partial charge < -0.3 is 9.64 Å². The Balaban J connectivity index is 1.65. The van der Waals surface area contributed by atoms with Gasteiger partial charge in [-0.15, -0.1) is 0 Å². The fourth-order valence-electron chi connectivity index (χ4n) is 3.62. The molecule has 1 atom stereocenters. The van der Waals surface area contributed by atoms with E-state index >= 15 is 0 Å². The molecule has 5 nitrogen and oxygen atoms in total. The second-order valence-corrected chi connectivity index (χ2v) is 8.86. The van der Waals surface area contributed by atoms with Gasteiger partial charge in [0.05, 0.1) is 6.21 Å². The van der Waals surface area contributed by atoms with Gasteiger partial charge >= 0.3 is 0 Å². The summed E-state index contributed by atoms with van der Waals surface area (Å²) in [4.78, 5) is 14.0. The molecule has 1 heterocycles. The van der Waals surface area contributed by atoms with Crippen molar-refractivity contribution in [2.75, 3.05) is 18.6 Å². The highest BCUT2D eigenvalue weighted by molar-refractivity contribution is 9.10. The van der Waals surface area contributed by atoms with Crippen LogP contribution in [-0.2, 0) is 4.79 Å². The normalized spacial score (nSPS) is 17.9. The lowest BCUT2D eigenvalue weighted by molar-refractivity contribution is -0.123. The Kier molecular flexibility index (Phi) is 6.27. The zero-order valence-electron chi connectivity index (χ0n) is 17.0. The molecular weight excluding hydrogens is 437 g/mol. The van der Waals surface area contributed by atoms with E-state index in [2.05, 4.69) is 52.1 Å². The van der Waals surface area contributed by atoms with Crippen LogP contribution in [0.25, 0.3) is 0 Å². The number of hydrazone groups is 1.